The Morgan fingerprint density at radius 2 is 1.87 bits per heavy atom. The van der Waals surface area contributed by atoms with Gasteiger partial charge in [-0.1, -0.05) is 30.3 Å². The predicted octanol–water partition coefficient (Wildman–Crippen LogP) is 3.04. The van der Waals surface area contributed by atoms with Crippen LogP contribution in [-0.2, 0) is 6.54 Å². The van der Waals surface area contributed by atoms with Crippen molar-refractivity contribution in [3.8, 4) is 17.2 Å². The molecule has 30 heavy (non-hydrogen) atoms. The average molecular weight is 396 g/mol. The number of piperidine rings is 1. The lowest BCUT2D eigenvalue weighted by Gasteiger charge is -2.43. The molecular weight excluding hydrogens is 376 g/mol. The highest BCUT2D eigenvalue weighted by molar-refractivity contribution is 5.94. The van der Waals surface area contributed by atoms with Gasteiger partial charge in [-0.15, -0.1) is 0 Å². The Morgan fingerprint density at radius 3 is 2.60 bits per heavy atom. The third-order valence-electron chi connectivity index (χ3n) is 6.08. The van der Waals surface area contributed by atoms with Crippen LogP contribution < -0.4 is 5.56 Å². The van der Waals surface area contributed by atoms with Gasteiger partial charge >= 0.3 is 0 Å². The maximum atomic E-state index is 13.0. The van der Waals surface area contributed by atoms with Crippen LogP contribution in [0.15, 0.2) is 65.6 Å². The number of carbonyl (C=O) groups is 1. The smallest absolute Gasteiger partial charge is 0.255 e. The summed E-state index contributed by atoms with van der Waals surface area (Å²) in [5.41, 5.74) is 3.76. The first kappa shape index (κ1) is 18.3. The van der Waals surface area contributed by atoms with Gasteiger partial charge in [-0.25, -0.2) is 4.98 Å². The largest absolute Gasteiger partial charge is 0.338 e. The van der Waals surface area contributed by atoms with Crippen LogP contribution in [-0.4, -0.2) is 33.4 Å². The van der Waals surface area contributed by atoms with Crippen molar-refractivity contribution in [3.63, 3.8) is 0 Å². The molecule has 148 valence electrons. The first-order valence-corrected chi connectivity index (χ1v) is 10.1. The minimum atomic E-state index is -0.0725. The van der Waals surface area contributed by atoms with Gasteiger partial charge in [0.2, 0.25) is 0 Å². The number of nitriles is 1. The molecule has 4 heterocycles. The summed E-state index contributed by atoms with van der Waals surface area (Å²) in [6.07, 6.45) is 2.45. The second kappa shape index (κ2) is 7.27. The number of likely N-dealkylation sites (tertiary alicyclic amines) is 1. The minimum Gasteiger partial charge on any atom is -0.338 e. The van der Waals surface area contributed by atoms with Gasteiger partial charge in [0.05, 0.1) is 5.56 Å². The lowest BCUT2D eigenvalue weighted by atomic mass is 9.82. The predicted molar refractivity (Wildman–Crippen MR) is 112 cm³/mol. The van der Waals surface area contributed by atoms with Crippen molar-refractivity contribution in [3.05, 3.63) is 88.1 Å². The van der Waals surface area contributed by atoms with Crippen LogP contribution >= 0.6 is 0 Å². The Balaban J connectivity index is 1.46. The number of aromatic nitrogens is 2. The fourth-order valence-electron chi connectivity index (χ4n) is 4.69. The summed E-state index contributed by atoms with van der Waals surface area (Å²) >= 11 is 0. The fraction of sp³-hybridized carbons (Fsp3) is 0.250. The molecule has 5 rings (SSSR count). The maximum absolute atomic E-state index is 13.0. The quantitative estimate of drug-likeness (QED) is 0.667. The Labute approximate surface area is 174 Å². The normalized spacial score (nSPS) is 19.6. The molecule has 1 fully saturated rings. The van der Waals surface area contributed by atoms with Crippen LogP contribution in [0.25, 0.3) is 11.1 Å². The standard InChI is InChI=1S/C24H20N4O2/c25-11-21-7-6-18(12-26-21)24(30)27-13-16-8-20(15-27)22-9-19(10-23(29)28(22)14-16)17-4-2-1-3-5-17/h1-7,9-10,12,16,20H,8,13-15H2/t16-,20+/m0/s1. The number of hydrogen-bond acceptors (Lipinski definition) is 4. The molecule has 0 spiro atoms. The fourth-order valence-corrected chi connectivity index (χ4v) is 4.69. The molecule has 1 saturated heterocycles. The first-order valence-electron chi connectivity index (χ1n) is 10.1. The summed E-state index contributed by atoms with van der Waals surface area (Å²) < 4.78 is 1.89. The topological polar surface area (TPSA) is 79.0 Å². The number of carbonyl (C=O) groups excluding carboxylic acids is 1. The molecule has 2 aliphatic heterocycles. The molecule has 0 aliphatic carbocycles. The van der Waals surface area contributed by atoms with Gasteiger partial charge < -0.3 is 9.47 Å². The van der Waals surface area contributed by atoms with Crippen molar-refractivity contribution in [1.29, 1.82) is 5.26 Å². The van der Waals surface area contributed by atoms with Gasteiger partial charge in [0.1, 0.15) is 11.8 Å². The van der Waals surface area contributed by atoms with Crippen molar-refractivity contribution in [1.82, 2.24) is 14.5 Å². The van der Waals surface area contributed by atoms with Crippen molar-refractivity contribution < 1.29 is 4.79 Å². The Kier molecular flexibility index (Phi) is 4.44. The molecule has 2 aliphatic rings. The second-order valence-electron chi connectivity index (χ2n) is 8.04. The summed E-state index contributed by atoms with van der Waals surface area (Å²) in [4.78, 5) is 31.8. The zero-order chi connectivity index (χ0) is 20.7. The van der Waals surface area contributed by atoms with E-state index >= 15 is 0 Å². The zero-order valence-electron chi connectivity index (χ0n) is 16.4. The lowest BCUT2D eigenvalue weighted by Crippen LogP contribution is -2.49. The summed E-state index contributed by atoms with van der Waals surface area (Å²) in [7, 11) is 0. The lowest BCUT2D eigenvalue weighted by molar-refractivity contribution is 0.0594. The molecule has 2 aromatic heterocycles. The molecule has 3 aromatic rings. The van der Waals surface area contributed by atoms with Crippen LogP contribution in [0.2, 0.25) is 0 Å². The van der Waals surface area contributed by atoms with Gasteiger partial charge in [-0.2, -0.15) is 5.26 Å². The summed E-state index contributed by atoms with van der Waals surface area (Å²) in [6, 6.07) is 18.9. The molecule has 0 radical (unpaired) electrons. The molecule has 0 unspecified atom stereocenters. The summed E-state index contributed by atoms with van der Waals surface area (Å²) in [5, 5.41) is 8.91. The van der Waals surface area contributed by atoms with Crippen LogP contribution in [0.3, 0.4) is 0 Å². The Morgan fingerprint density at radius 1 is 1.03 bits per heavy atom. The van der Waals surface area contributed by atoms with Crippen LogP contribution in [0.1, 0.15) is 34.1 Å². The number of fused-ring (bicyclic) bond motifs is 4. The molecular formula is C24H20N4O2. The monoisotopic (exact) mass is 396 g/mol. The third-order valence-corrected chi connectivity index (χ3v) is 6.08. The minimum absolute atomic E-state index is 0.0251. The number of pyridine rings is 2. The van der Waals surface area contributed by atoms with Crippen molar-refractivity contribution in [2.24, 2.45) is 5.92 Å². The molecule has 1 aromatic carbocycles. The molecule has 1 amide bonds. The Bertz CT molecular complexity index is 1210. The van der Waals surface area contributed by atoms with Crippen molar-refractivity contribution >= 4 is 5.91 Å². The highest BCUT2D eigenvalue weighted by Crippen LogP contribution is 2.37. The van der Waals surface area contributed by atoms with E-state index in [1.54, 1.807) is 18.2 Å². The number of amides is 1. The number of hydrogen-bond donors (Lipinski definition) is 0. The SMILES string of the molecule is N#Cc1ccc(C(=O)N2C[C@@H]3C[C@H](C2)c2cc(-c4ccccc4)cc(=O)n2C3)cn1. The van der Waals surface area contributed by atoms with Crippen LogP contribution in [0, 0.1) is 17.2 Å². The first-order chi connectivity index (χ1) is 14.6. The molecule has 6 heteroatoms. The van der Waals surface area contributed by atoms with Gasteiger partial charge in [-0.3, -0.25) is 9.59 Å². The van der Waals surface area contributed by atoms with E-state index in [0.717, 1.165) is 23.2 Å². The zero-order valence-corrected chi connectivity index (χ0v) is 16.4. The highest BCUT2D eigenvalue weighted by Gasteiger charge is 2.37. The molecule has 0 N–H and O–H groups in total. The van der Waals surface area contributed by atoms with E-state index in [-0.39, 0.29) is 23.3 Å². The summed E-state index contributed by atoms with van der Waals surface area (Å²) in [5.74, 6) is 0.313. The van der Waals surface area contributed by atoms with Gasteiger partial charge in [0.25, 0.3) is 11.5 Å². The average Bonchev–Trinajstić information content (AvgIpc) is 2.79. The van der Waals surface area contributed by atoms with E-state index in [9.17, 15) is 9.59 Å². The van der Waals surface area contributed by atoms with Gasteiger partial charge in [0.15, 0.2) is 0 Å². The Hall–Kier alpha value is -3.72. The van der Waals surface area contributed by atoms with Crippen molar-refractivity contribution in [2.75, 3.05) is 13.1 Å². The number of rotatable bonds is 2. The third kappa shape index (κ3) is 3.18. The van der Waals surface area contributed by atoms with E-state index in [0.29, 0.717) is 30.9 Å². The molecule has 2 atom stereocenters. The maximum Gasteiger partial charge on any atom is 0.255 e. The number of benzene rings is 1. The van der Waals surface area contributed by atoms with Crippen LogP contribution in [0.5, 0.6) is 0 Å². The van der Waals surface area contributed by atoms with Crippen molar-refractivity contribution in [2.45, 2.75) is 18.9 Å². The highest BCUT2D eigenvalue weighted by atomic mass is 16.2. The number of nitrogens with zero attached hydrogens (tertiary/aromatic N) is 4. The van der Waals surface area contributed by atoms with E-state index < -0.39 is 0 Å². The summed E-state index contributed by atoms with van der Waals surface area (Å²) in [6.45, 7) is 1.84. The van der Waals surface area contributed by atoms with E-state index in [1.165, 1.54) is 6.20 Å². The molecule has 6 nitrogen and oxygen atoms in total. The van der Waals surface area contributed by atoms with E-state index in [4.69, 9.17) is 5.26 Å². The molecule has 0 saturated carbocycles. The van der Waals surface area contributed by atoms with Gasteiger partial charge in [0, 0.05) is 43.5 Å². The second-order valence-corrected chi connectivity index (χ2v) is 8.04. The van der Waals surface area contributed by atoms with E-state index in [2.05, 4.69) is 11.1 Å². The van der Waals surface area contributed by atoms with Gasteiger partial charge in [-0.05, 0) is 41.7 Å². The molecule has 2 bridgehead atoms. The van der Waals surface area contributed by atoms with Crippen LogP contribution in [0.4, 0.5) is 0 Å². The van der Waals surface area contributed by atoms with E-state index in [1.807, 2.05) is 45.9 Å².